The first kappa shape index (κ1) is 11.9. The zero-order chi connectivity index (χ0) is 12.4. The van der Waals surface area contributed by atoms with Crippen LogP contribution in [0.5, 0.6) is 0 Å². The molecule has 0 aliphatic rings. The molecule has 0 fully saturated rings. The summed E-state index contributed by atoms with van der Waals surface area (Å²) in [5.41, 5.74) is 2.36. The lowest BCUT2D eigenvalue weighted by molar-refractivity contribution is 0.101. The first-order valence-electron chi connectivity index (χ1n) is 5.12. The minimum Gasteiger partial charge on any atom is -0.330 e. The van der Waals surface area contributed by atoms with Crippen molar-refractivity contribution in [2.45, 2.75) is 6.92 Å². The molecule has 0 saturated carbocycles. The number of halogens is 1. The molecule has 0 bridgehead atoms. The molecule has 0 aliphatic heterocycles. The number of benzene rings is 1. The summed E-state index contributed by atoms with van der Waals surface area (Å²) in [6, 6.07) is 5.73. The van der Waals surface area contributed by atoms with Crippen molar-refractivity contribution >= 4 is 27.5 Å². The predicted molar refractivity (Wildman–Crippen MR) is 70.0 cm³/mol. The van der Waals surface area contributed by atoms with Gasteiger partial charge in [0.05, 0.1) is 18.2 Å². The number of imidazole rings is 1. The zero-order valence-corrected chi connectivity index (χ0v) is 11.2. The van der Waals surface area contributed by atoms with Crippen molar-refractivity contribution in [2.24, 2.45) is 7.05 Å². The van der Waals surface area contributed by atoms with Crippen LogP contribution in [0.15, 0.2) is 35.2 Å². The number of amides is 1. The van der Waals surface area contributed by atoms with E-state index in [0.717, 1.165) is 15.7 Å². The van der Waals surface area contributed by atoms with Gasteiger partial charge in [-0.25, -0.2) is 4.98 Å². The Morgan fingerprint density at radius 3 is 2.88 bits per heavy atom. The minimum absolute atomic E-state index is 0.170. The molecule has 0 saturated heterocycles. The predicted octanol–water partition coefficient (Wildman–Crippen LogP) is 2.74. The molecule has 1 aromatic carbocycles. The van der Waals surface area contributed by atoms with Crippen LogP contribution in [0.2, 0.25) is 0 Å². The number of carbonyl (C=O) groups excluding carboxylic acids is 1. The van der Waals surface area contributed by atoms with Gasteiger partial charge in [0, 0.05) is 11.5 Å². The van der Waals surface area contributed by atoms with E-state index in [0.29, 0.717) is 5.69 Å². The van der Waals surface area contributed by atoms with E-state index in [-0.39, 0.29) is 5.91 Å². The van der Waals surface area contributed by atoms with Crippen LogP contribution in [0.4, 0.5) is 5.69 Å². The van der Waals surface area contributed by atoms with Gasteiger partial charge in [-0.1, -0.05) is 12.1 Å². The molecule has 0 atom stereocenters. The summed E-state index contributed by atoms with van der Waals surface area (Å²) in [7, 11) is 1.78. The van der Waals surface area contributed by atoms with Crippen LogP contribution < -0.4 is 5.32 Å². The molecule has 0 unspecified atom stereocenters. The van der Waals surface area contributed by atoms with Gasteiger partial charge in [0.2, 0.25) is 0 Å². The van der Waals surface area contributed by atoms with E-state index in [1.54, 1.807) is 24.1 Å². The van der Waals surface area contributed by atoms with Crippen LogP contribution in [0.3, 0.4) is 0 Å². The summed E-state index contributed by atoms with van der Waals surface area (Å²) in [6.07, 6.45) is 3.14. The van der Waals surface area contributed by atoms with Gasteiger partial charge in [0.25, 0.3) is 5.91 Å². The normalized spacial score (nSPS) is 10.3. The number of aryl methyl sites for hydroxylation is 2. The smallest absolute Gasteiger partial charge is 0.273 e. The van der Waals surface area contributed by atoms with Crippen LogP contribution in [-0.4, -0.2) is 15.5 Å². The highest BCUT2D eigenvalue weighted by molar-refractivity contribution is 9.10. The van der Waals surface area contributed by atoms with Gasteiger partial charge in [0.15, 0.2) is 0 Å². The molecule has 0 radical (unpaired) electrons. The Bertz CT molecular complexity index is 563. The number of rotatable bonds is 2. The van der Waals surface area contributed by atoms with Gasteiger partial charge >= 0.3 is 0 Å². The SMILES string of the molecule is Cc1cccc(NC(=O)c2cncn2C)c1Br. The second-order valence-electron chi connectivity index (χ2n) is 3.78. The summed E-state index contributed by atoms with van der Waals surface area (Å²) in [5, 5.41) is 2.85. The van der Waals surface area contributed by atoms with Crippen molar-refractivity contribution in [2.75, 3.05) is 5.32 Å². The second-order valence-corrected chi connectivity index (χ2v) is 4.57. The maximum Gasteiger partial charge on any atom is 0.273 e. The van der Waals surface area contributed by atoms with Crippen molar-refractivity contribution in [3.05, 3.63) is 46.5 Å². The van der Waals surface area contributed by atoms with Crippen molar-refractivity contribution in [1.82, 2.24) is 9.55 Å². The van der Waals surface area contributed by atoms with Gasteiger partial charge in [-0.15, -0.1) is 0 Å². The number of anilines is 1. The third kappa shape index (κ3) is 2.39. The Labute approximate surface area is 108 Å². The molecule has 1 N–H and O–H groups in total. The fourth-order valence-electron chi connectivity index (χ4n) is 1.51. The van der Waals surface area contributed by atoms with E-state index >= 15 is 0 Å². The summed E-state index contributed by atoms with van der Waals surface area (Å²) < 4.78 is 2.58. The monoisotopic (exact) mass is 293 g/mol. The fraction of sp³-hybridized carbons (Fsp3) is 0.167. The molecule has 17 heavy (non-hydrogen) atoms. The van der Waals surface area contributed by atoms with Gasteiger partial charge in [0.1, 0.15) is 5.69 Å². The van der Waals surface area contributed by atoms with Gasteiger partial charge in [-0.05, 0) is 34.5 Å². The fourth-order valence-corrected chi connectivity index (χ4v) is 1.87. The molecule has 1 aromatic heterocycles. The molecular weight excluding hydrogens is 282 g/mol. The van der Waals surface area contributed by atoms with Crippen LogP contribution >= 0.6 is 15.9 Å². The third-order valence-corrected chi connectivity index (χ3v) is 3.54. The number of carbonyl (C=O) groups is 1. The Morgan fingerprint density at radius 2 is 2.24 bits per heavy atom. The number of hydrogen-bond donors (Lipinski definition) is 1. The quantitative estimate of drug-likeness (QED) is 0.925. The molecule has 1 heterocycles. The summed E-state index contributed by atoms with van der Waals surface area (Å²) in [5.74, 6) is -0.170. The lowest BCUT2D eigenvalue weighted by Crippen LogP contribution is -2.15. The van der Waals surface area contributed by atoms with Crippen LogP contribution in [0.1, 0.15) is 16.1 Å². The molecule has 5 heteroatoms. The molecule has 88 valence electrons. The largest absolute Gasteiger partial charge is 0.330 e. The second kappa shape index (κ2) is 4.71. The zero-order valence-electron chi connectivity index (χ0n) is 9.57. The van der Waals surface area contributed by atoms with Crippen LogP contribution in [-0.2, 0) is 7.05 Å². The Kier molecular flexibility index (Phi) is 3.28. The molecular formula is C12H12BrN3O. The first-order chi connectivity index (χ1) is 8.09. The Hall–Kier alpha value is -1.62. The Balaban J connectivity index is 2.25. The maximum absolute atomic E-state index is 12.0. The Morgan fingerprint density at radius 1 is 1.47 bits per heavy atom. The summed E-state index contributed by atoms with van der Waals surface area (Å²) in [6.45, 7) is 1.98. The maximum atomic E-state index is 12.0. The third-order valence-electron chi connectivity index (χ3n) is 2.49. The molecule has 2 aromatic rings. The average molecular weight is 294 g/mol. The lowest BCUT2D eigenvalue weighted by Gasteiger charge is -2.09. The molecule has 1 amide bonds. The van der Waals surface area contributed by atoms with Crippen molar-refractivity contribution in [3.63, 3.8) is 0 Å². The minimum atomic E-state index is -0.170. The number of aromatic nitrogens is 2. The van der Waals surface area contributed by atoms with E-state index in [1.165, 1.54) is 0 Å². The number of nitrogens with one attached hydrogen (secondary N) is 1. The van der Waals surface area contributed by atoms with Crippen LogP contribution in [0, 0.1) is 6.92 Å². The lowest BCUT2D eigenvalue weighted by atomic mass is 10.2. The highest BCUT2D eigenvalue weighted by Crippen LogP contribution is 2.26. The van der Waals surface area contributed by atoms with Crippen molar-refractivity contribution in [1.29, 1.82) is 0 Å². The van der Waals surface area contributed by atoms with Gasteiger partial charge in [-0.3, -0.25) is 4.79 Å². The highest BCUT2D eigenvalue weighted by Gasteiger charge is 2.11. The summed E-state index contributed by atoms with van der Waals surface area (Å²) >= 11 is 3.45. The van der Waals surface area contributed by atoms with E-state index < -0.39 is 0 Å². The number of hydrogen-bond acceptors (Lipinski definition) is 2. The highest BCUT2D eigenvalue weighted by atomic mass is 79.9. The molecule has 0 aliphatic carbocycles. The van der Waals surface area contributed by atoms with Gasteiger partial charge < -0.3 is 9.88 Å². The van der Waals surface area contributed by atoms with E-state index in [4.69, 9.17) is 0 Å². The standard InChI is InChI=1S/C12H12BrN3O/c1-8-4-3-5-9(11(8)13)15-12(17)10-6-14-7-16(10)2/h3-7H,1-2H3,(H,15,17). The van der Waals surface area contributed by atoms with E-state index in [9.17, 15) is 4.79 Å². The van der Waals surface area contributed by atoms with E-state index in [1.807, 2.05) is 25.1 Å². The van der Waals surface area contributed by atoms with Crippen LogP contribution in [0.25, 0.3) is 0 Å². The van der Waals surface area contributed by atoms with Crippen molar-refractivity contribution < 1.29 is 4.79 Å². The number of nitrogens with zero attached hydrogens (tertiary/aromatic N) is 2. The molecule has 4 nitrogen and oxygen atoms in total. The molecule has 0 spiro atoms. The van der Waals surface area contributed by atoms with Crippen molar-refractivity contribution in [3.8, 4) is 0 Å². The first-order valence-corrected chi connectivity index (χ1v) is 5.91. The average Bonchev–Trinajstić information content (AvgIpc) is 2.71. The van der Waals surface area contributed by atoms with E-state index in [2.05, 4.69) is 26.2 Å². The summed E-state index contributed by atoms with van der Waals surface area (Å²) in [4.78, 5) is 15.9. The van der Waals surface area contributed by atoms with Gasteiger partial charge in [-0.2, -0.15) is 0 Å². The molecule has 2 rings (SSSR count). The topological polar surface area (TPSA) is 46.9 Å².